The molecule has 2 saturated heterocycles. The van der Waals surface area contributed by atoms with Crippen molar-refractivity contribution in [1.82, 2.24) is 24.7 Å². The molecule has 10 nitrogen and oxygen atoms in total. The minimum Gasteiger partial charge on any atom is -0.466 e. The van der Waals surface area contributed by atoms with E-state index in [4.69, 9.17) is 9.47 Å². The first-order chi connectivity index (χ1) is 16.1. The molecule has 2 aliphatic heterocycles. The molecule has 1 aromatic rings. The number of hydrogen-bond donors (Lipinski definition) is 0. The van der Waals surface area contributed by atoms with Crippen LogP contribution in [0.25, 0.3) is 0 Å². The van der Waals surface area contributed by atoms with Crippen molar-refractivity contribution in [1.29, 1.82) is 0 Å². The minimum absolute atomic E-state index is 0.00225. The van der Waals surface area contributed by atoms with Gasteiger partial charge in [-0.05, 0) is 26.2 Å². The molecule has 0 saturated carbocycles. The lowest BCUT2D eigenvalue weighted by Gasteiger charge is -2.32. The first-order valence-corrected chi connectivity index (χ1v) is 11.9. The minimum atomic E-state index is -0.209. The number of carbonyl (C=O) groups is 3. The summed E-state index contributed by atoms with van der Waals surface area (Å²) in [5, 5.41) is 0. The Kier molecular flexibility index (Phi) is 10.0. The van der Waals surface area contributed by atoms with E-state index in [0.29, 0.717) is 45.6 Å². The normalized spacial score (nSPS) is 17.5. The molecule has 0 unspecified atom stereocenters. The highest BCUT2D eigenvalue weighted by Crippen LogP contribution is 2.19. The Morgan fingerprint density at radius 3 is 2.55 bits per heavy atom. The van der Waals surface area contributed by atoms with Crippen molar-refractivity contribution in [3.05, 3.63) is 24.3 Å². The first-order valence-electron chi connectivity index (χ1n) is 11.9. The molecular formula is C23H35N5O5. The topological polar surface area (TPSA) is 105 Å². The van der Waals surface area contributed by atoms with Crippen LogP contribution in [0.15, 0.2) is 18.6 Å². The lowest BCUT2D eigenvalue weighted by molar-refractivity contribution is -0.151. The lowest BCUT2D eigenvalue weighted by Crippen LogP contribution is -2.43. The number of nitrogens with zero attached hydrogens (tertiary/aromatic N) is 5. The second-order valence-electron chi connectivity index (χ2n) is 8.35. The molecular weight excluding hydrogens is 426 g/mol. The third-order valence-electron chi connectivity index (χ3n) is 6.14. The molecule has 10 heteroatoms. The van der Waals surface area contributed by atoms with E-state index in [1.54, 1.807) is 16.7 Å². The Morgan fingerprint density at radius 2 is 1.88 bits per heavy atom. The van der Waals surface area contributed by atoms with E-state index < -0.39 is 0 Å². The molecule has 0 bridgehead atoms. The van der Waals surface area contributed by atoms with Crippen molar-refractivity contribution in [3.8, 4) is 0 Å². The van der Waals surface area contributed by atoms with Crippen LogP contribution in [0.4, 0.5) is 0 Å². The van der Waals surface area contributed by atoms with E-state index in [-0.39, 0.29) is 35.8 Å². The molecule has 3 heterocycles. The summed E-state index contributed by atoms with van der Waals surface area (Å²) in [6.45, 7) is 8.28. The van der Waals surface area contributed by atoms with Crippen LogP contribution < -0.4 is 0 Å². The van der Waals surface area contributed by atoms with Crippen LogP contribution in [0.3, 0.4) is 0 Å². The van der Waals surface area contributed by atoms with Gasteiger partial charge < -0.3 is 19.3 Å². The highest BCUT2D eigenvalue weighted by molar-refractivity contribution is 5.92. The van der Waals surface area contributed by atoms with Gasteiger partial charge in [-0.15, -0.1) is 0 Å². The number of ether oxygens (including phenoxy) is 2. The molecule has 0 spiro atoms. The second kappa shape index (κ2) is 13.2. The van der Waals surface area contributed by atoms with Gasteiger partial charge in [-0.3, -0.25) is 24.3 Å². The van der Waals surface area contributed by atoms with Crippen molar-refractivity contribution in [2.24, 2.45) is 5.92 Å². The Labute approximate surface area is 195 Å². The van der Waals surface area contributed by atoms with Gasteiger partial charge in [0.25, 0.3) is 5.91 Å². The van der Waals surface area contributed by atoms with Gasteiger partial charge in [-0.25, -0.2) is 4.98 Å². The van der Waals surface area contributed by atoms with Gasteiger partial charge in [0.05, 0.1) is 31.9 Å². The number of morpholine rings is 1. The van der Waals surface area contributed by atoms with Gasteiger partial charge >= 0.3 is 5.97 Å². The maximum atomic E-state index is 13.0. The molecule has 2 aliphatic rings. The van der Waals surface area contributed by atoms with Gasteiger partial charge in [0.15, 0.2) is 0 Å². The number of esters is 1. The molecule has 3 rings (SSSR count). The summed E-state index contributed by atoms with van der Waals surface area (Å²) in [4.78, 5) is 51.7. The zero-order valence-corrected chi connectivity index (χ0v) is 19.5. The summed E-state index contributed by atoms with van der Waals surface area (Å²) >= 11 is 0. The van der Waals surface area contributed by atoms with E-state index >= 15 is 0 Å². The number of carbonyl (C=O) groups excluding carboxylic acids is 3. The summed E-state index contributed by atoms with van der Waals surface area (Å²) in [7, 11) is 0. The standard InChI is InChI=1S/C23H35N5O5/c1-2-33-23(31)19-4-11-27(12-5-19)21(29)6-13-28(22(30)20-18-24-7-8-25-20)10-3-9-26-14-16-32-17-15-26/h7-8,18-19H,2-6,9-17H2,1H3. The average Bonchev–Trinajstić information content (AvgIpc) is 2.87. The van der Waals surface area contributed by atoms with Gasteiger partial charge in [-0.2, -0.15) is 0 Å². The van der Waals surface area contributed by atoms with Crippen LogP contribution in [-0.2, 0) is 19.1 Å². The molecule has 0 atom stereocenters. The second-order valence-corrected chi connectivity index (χ2v) is 8.35. The SMILES string of the molecule is CCOC(=O)C1CCN(C(=O)CCN(CCCN2CCOCC2)C(=O)c2cnccn2)CC1. The number of amides is 2. The van der Waals surface area contributed by atoms with Crippen LogP contribution in [0.5, 0.6) is 0 Å². The molecule has 33 heavy (non-hydrogen) atoms. The fourth-order valence-corrected chi connectivity index (χ4v) is 4.21. The zero-order chi connectivity index (χ0) is 23.5. The number of aromatic nitrogens is 2. The zero-order valence-electron chi connectivity index (χ0n) is 19.5. The van der Waals surface area contributed by atoms with E-state index in [9.17, 15) is 14.4 Å². The molecule has 2 amide bonds. The third-order valence-corrected chi connectivity index (χ3v) is 6.14. The summed E-state index contributed by atoms with van der Waals surface area (Å²) < 4.78 is 10.5. The number of likely N-dealkylation sites (tertiary alicyclic amines) is 1. The molecule has 0 radical (unpaired) electrons. The summed E-state index contributed by atoms with van der Waals surface area (Å²) in [5.74, 6) is -0.518. The Hall–Kier alpha value is -2.59. The smallest absolute Gasteiger partial charge is 0.309 e. The quantitative estimate of drug-likeness (QED) is 0.472. The Balaban J connectivity index is 1.50. The molecule has 182 valence electrons. The fourth-order valence-electron chi connectivity index (χ4n) is 4.21. The van der Waals surface area contributed by atoms with E-state index in [2.05, 4.69) is 14.9 Å². The summed E-state index contributed by atoms with van der Waals surface area (Å²) in [6.07, 6.45) is 6.78. The predicted octanol–water partition coefficient (Wildman–Crippen LogP) is 0.833. The van der Waals surface area contributed by atoms with Crippen LogP contribution in [0, 0.1) is 5.92 Å². The van der Waals surface area contributed by atoms with Gasteiger partial charge in [0.2, 0.25) is 5.91 Å². The third kappa shape index (κ3) is 7.75. The molecule has 1 aromatic heterocycles. The van der Waals surface area contributed by atoms with Crippen LogP contribution in [-0.4, -0.2) is 108 Å². The van der Waals surface area contributed by atoms with E-state index in [0.717, 1.165) is 39.3 Å². The largest absolute Gasteiger partial charge is 0.466 e. The summed E-state index contributed by atoms with van der Waals surface area (Å²) in [6, 6.07) is 0. The first kappa shape index (κ1) is 25.0. The van der Waals surface area contributed by atoms with E-state index in [1.165, 1.54) is 18.6 Å². The molecule has 0 aliphatic carbocycles. The van der Waals surface area contributed by atoms with Gasteiger partial charge in [0, 0.05) is 64.6 Å². The van der Waals surface area contributed by atoms with Crippen molar-refractivity contribution in [3.63, 3.8) is 0 Å². The molecule has 0 N–H and O–H groups in total. The Bertz CT molecular complexity index is 764. The van der Waals surface area contributed by atoms with Crippen LogP contribution >= 0.6 is 0 Å². The number of rotatable bonds is 10. The lowest BCUT2D eigenvalue weighted by atomic mass is 9.97. The van der Waals surface area contributed by atoms with Crippen LogP contribution in [0.1, 0.15) is 43.1 Å². The van der Waals surface area contributed by atoms with Gasteiger partial charge in [0.1, 0.15) is 5.69 Å². The number of hydrogen-bond acceptors (Lipinski definition) is 8. The Morgan fingerprint density at radius 1 is 1.12 bits per heavy atom. The summed E-state index contributed by atoms with van der Waals surface area (Å²) in [5.41, 5.74) is 0.284. The number of piperidine rings is 1. The fraction of sp³-hybridized carbons (Fsp3) is 0.696. The van der Waals surface area contributed by atoms with E-state index in [1.807, 2.05) is 0 Å². The van der Waals surface area contributed by atoms with Crippen molar-refractivity contribution >= 4 is 17.8 Å². The monoisotopic (exact) mass is 461 g/mol. The highest BCUT2D eigenvalue weighted by Gasteiger charge is 2.28. The predicted molar refractivity (Wildman–Crippen MR) is 120 cm³/mol. The molecule has 0 aromatic carbocycles. The molecule has 2 fully saturated rings. The van der Waals surface area contributed by atoms with Crippen LogP contribution in [0.2, 0.25) is 0 Å². The maximum absolute atomic E-state index is 13.0. The maximum Gasteiger partial charge on any atom is 0.309 e. The van der Waals surface area contributed by atoms with Crippen molar-refractivity contribution in [2.45, 2.75) is 32.6 Å². The highest BCUT2D eigenvalue weighted by atomic mass is 16.5. The van der Waals surface area contributed by atoms with Gasteiger partial charge in [-0.1, -0.05) is 0 Å². The van der Waals surface area contributed by atoms with Crippen molar-refractivity contribution in [2.75, 3.05) is 65.6 Å². The van der Waals surface area contributed by atoms with Crippen molar-refractivity contribution < 1.29 is 23.9 Å². The average molecular weight is 462 g/mol.